The summed E-state index contributed by atoms with van der Waals surface area (Å²) in [5.74, 6) is 1.96. The van der Waals surface area contributed by atoms with E-state index in [1.54, 1.807) is 29.0 Å². The monoisotopic (exact) mass is 427 g/mol. The van der Waals surface area contributed by atoms with Crippen molar-refractivity contribution in [2.24, 2.45) is 5.92 Å². The number of benzene rings is 1. The summed E-state index contributed by atoms with van der Waals surface area (Å²) >= 11 is 0. The van der Waals surface area contributed by atoms with Crippen LogP contribution in [0.15, 0.2) is 18.2 Å². The predicted octanol–water partition coefficient (Wildman–Crippen LogP) is 1.54. The Morgan fingerprint density at radius 3 is 2.68 bits per heavy atom. The number of aliphatic hydroxyl groups excluding tert-OH is 1. The van der Waals surface area contributed by atoms with Gasteiger partial charge in [-0.05, 0) is 30.7 Å². The zero-order chi connectivity index (χ0) is 22.3. The Labute approximate surface area is 181 Å². The molecule has 166 valence electrons. The van der Waals surface area contributed by atoms with E-state index in [4.69, 9.17) is 4.74 Å². The summed E-state index contributed by atoms with van der Waals surface area (Å²) in [5, 5.41) is 19.1. The lowest BCUT2D eigenvalue weighted by molar-refractivity contribution is -0.136. The highest BCUT2D eigenvalue weighted by molar-refractivity contribution is 5.96. The number of aromatic nitrogens is 3. The standard InChI is InChI=1S/C22H29N5O4/c1-13(2)21(29)25-7-8-26-19(12-25)23-24-20(26)18-10-15(28)11-27(18)22(30)17-6-5-16(31-4)9-14(17)3/h5-6,9,13,15,18,28H,7-8,10-12H2,1-4H3/t15-,18-/m0/s1. The van der Waals surface area contributed by atoms with E-state index in [1.807, 2.05) is 31.4 Å². The van der Waals surface area contributed by atoms with E-state index in [-0.39, 0.29) is 30.3 Å². The zero-order valence-corrected chi connectivity index (χ0v) is 18.4. The van der Waals surface area contributed by atoms with E-state index in [1.165, 1.54) is 0 Å². The predicted molar refractivity (Wildman–Crippen MR) is 112 cm³/mol. The maximum absolute atomic E-state index is 13.4. The fraction of sp³-hybridized carbons (Fsp3) is 0.545. The molecule has 1 fully saturated rings. The molecular formula is C22H29N5O4. The van der Waals surface area contributed by atoms with Gasteiger partial charge in [0.2, 0.25) is 5.91 Å². The van der Waals surface area contributed by atoms with Crippen LogP contribution in [-0.2, 0) is 17.9 Å². The number of ether oxygens (including phenoxy) is 1. The molecule has 2 amide bonds. The molecule has 2 atom stereocenters. The number of aliphatic hydroxyl groups is 1. The lowest BCUT2D eigenvalue weighted by Crippen LogP contribution is -2.41. The fourth-order valence-electron chi connectivity index (χ4n) is 4.42. The number of carbonyl (C=O) groups is 2. The largest absolute Gasteiger partial charge is 0.497 e. The van der Waals surface area contributed by atoms with E-state index in [0.717, 1.165) is 5.56 Å². The van der Waals surface area contributed by atoms with Crippen LogP contribution < -0.4 is 4.74 Å². The molecule has 0 aliphatic carbocycles. The Morgan fingerprint density at radius 2 is 2.00 bits per heavy atom. The number of β-amino-alcohol motifs (C(OH)–C–C–N with tert-alkyl or cyclic N) is 1. The van der Waals surface area contributed by atoms with Crippen LogP contribution in [0.1, 0.15) is 53.9 Å². The van der Waals surface area contributed by atoms with Crippen molar-refractivity contribution >= 4 is 11.8 Å². The summed E-state index contributed by atoms with van der Waals surface area (Å²) in [7, 11) is 1.59. The minimum absolute atomic E-state index is 0.0697. The van der Waals surface area contributed by atoms with Crippen molar-refractivity contribution in [3.05, 3.63) is 41.0 Å². The van der Waals surface area contributed by atoms with Gasteiger partial charge in [0.1, 0.15) is 5.75 Å². The van der Waals surface area contributed by atoms with E-state index < -0.39 is 6.10 Å². The van der Waals surface area contributed by atoms with Crippen molar-refractivity contribution in [1.82, 2.24) is 24.6 Å². The highest BCUT2D eigenvalue weighted by atomic mass is 16.5. The Balaban J connectivity index is 1.60. The first-order chi connectivity index (χ1) is 14.8. The van der Waals surface area contributed by atoms with Gasteiger partial charge >= 0.3 is 0 Å². The minimum Gasteiger partial charge on any atom is -0.497 e. The van der Waals surface area contributed by atoms with Gasteiger partial charge in [-0.3, -0.25) is 9.59 Å². The third-order valence-corrected chi connectivity index (χ3v) is 6.09. The number of amides is 2. The summed E-state index contributed by atoms with van der Waals surface area (Å²) < 4.78 is 7.23. The second-order valence-electron chi connectivity index (χ2n) is 8.58. The molecule has 0 unspecified atom stereocenters. The van der Waals surface area contributed by atoms with Crippen LogP contribution >= 0.6 is 0 Å². The summed E-state index contributed by atoms with van der Waals surface area (Å²) in [6.07, 6.45) is -0.212. The zero-order valence-electron chi connectivity index (χ0n) is 18.4. The normalized spacial score (nSPS) is 20.8. The smallest absolute Gasteiger partial charge is 0.254 e. The first-order valence-electron chi connectivity index (χ1n) is 10.6. The summed E-state index contributed by atoms with van der Waals surface area (Å²) in [4.78, 5) is 29.2. The van der Waals surface area contributed by atoms with Crippen molar-refractivity contribution < 1.29 is 19.4 Å². The summed E-state index contributed by atoms with van der Waals surface area (Å²) in [6, 6.07) is 4.99. The maximum Gasteiger partial charge on any atom is 0.254 e. The number of carbonyl (C=O) groups excluding carboxylic acids is 2. The molecule has 4 rings (SSSR count). The van der Waals surface area contributed by atoms with Gasteiger partial charge in [-0.25, -0.2) is 0 Å². The molecular weight excluding hydrogens is 398 g/mol. The first-order valence-corrected chi connectivity index (χ1v) is 10.6. The van der Waals surface area contributed by atoms with Gasteiger partial charge in [0.05, 0.1) is 25.8 Å². The molecule has 31 heavy (non-hydrogen) atoms. The van der Waals surface area contributed by atoms with Crippen LogP contribution in [-0.4, -0.2) is 67.8 Å². The second kappa shape index (κ2) is 8.30. The van der Waals surface area contributed by atoms with Crippen LogP contribution in [0.4, 0.5) is 0 Å². The van der Waals surface area contributed by atoms with Gasteiger partial charge in [0, 0.05) is 37.5 Å². The number of hydrogen-bond donors (Lipinski definition) is 1. The van der Waals surface area contributed by atoms with Crippen LogP contribution in [0.3, 0.4) is 0 Å². The van der Waals surface area contributed by atoms with Gasteiger partial charge in [-0.1, -0.05) is 13.8 Å². The molecule has 0 spiro atoms. The molecule has 0 saturated carbocycles. The number of aryl methyl sites for hydroxylation is 1. The molecule has 3 heterocycles. The number of fused-ring (bicyclic) bond motifs is 1. The van der Waals surface area contributed by atoms with E-state index in [2.05, 4.69) is 10.2 Å². The number of hydrogen-bond acceptors (Lipinski definition) is 6. The van der Waals surface area contributed by atoms with Crippen molar-refractivity contribution in [3.8, 4) is 5.75 Å². The third-order valence-electron chi connectivity index (χ3n) is 6.09. The highest BCUT2D eigenvalue weighted by Crippen LogP contribution is 2.34. The molecule has 1 aromatic heterocycles. The van der Waals surface area contributed by atoms with Crippen LogP contribution in [0, 0.1) is 12.8 Å². The van der Waals surface area contributed by atoms with Crippen molar-refractivity contribution in [1.29, 1.82) is 0 Å². The minimum atomic E-state index is -0.622. The van der Waals surface area contributed by atoms with Gasteiger partial charge in [-0.2, -0.15) is 0 Å². The Hall–Kier alpha value is -2.94. The molecule has 1 saturated heterocycles. The third kappa shape index (κ3) is 3.89. The topological polar surface area (TPSA) is 101 Å². The molecule has 0 bridgehead atoms. The fourth-order valence-corrected chi connectivity index (χ4v) is 4.42. The van der Waals surface area contributed by atoms with Gasteiger partial charge in [-0.15, -0.1) is 10.2 Å². The number of methoxy groups -OCH3 is 1. The maximum atomic E-state index is 13.4. The second-order valence-corrected chi connectivity index (χ2v) is 8.58. The molecule has 0 radical (unpaired) electrons. The molecule has 2 aromatic rings. The van der Waals surface area contributed by atoms with Gasteiger partial charge < -0.3 is 24.2 Å². The average Bonchev–Trinajstić information content (AvgIpc) is 3.34. The Morgan fingerprint density at radius 1 is 1.23 bits per heavy atom. The molecule has 1 N–H and O–H groups in total. The van der Waals surface area contributed by atoms with Crippen LogP contribution in [0.2, 0.25) is 0 Å². The van der Waals surface area contributed by atoms with Crippen LogP contribution in [0.25, 0.3) is 0 Å². The van der Waals surface area contributed by atoms with Gasteiger partial charge in [0.15, 0.2) is 11.6 Å². The van der Waals surface area contributed by atoms with Crippen molar-refractivity contribution in [2.45, 2.75) is 52.4 Å². The van der Waals surface area contributed by atoms with Crippen molar-refractivity contribution in [2.75, 3.05) is 20.2 Å². The van der Waals surface area contributed by atoms with E-state index in [9.17, 15) is 14.7 Å². The molecule has 2 aliphatic rings. The summed E-state index contributed by atoms with van der Waals surface area (Å²) in [6.45, 7) is 7.45. The number of rotatable bonds is 4. The highest BCUT2D eigenvalue weighted by Gasteiger charge is 2.40. The molecule has 9 heteroatoms. The van der Waals surface area contributed by atoms with E-state index in [0.29, 0.717) is 49.0 Å². The quantitative estimate of drug-likeness (QED) is 0.794. The molecule has 2 aliphatic heterocycles. The number of nitrogens with zero attached hydrogens (tertiary/aromatic N) is 5. The number of likely N-dealkylation sites (tertiary alicyclic amines) is 1. The molecule has 9 nitrogen and oxygen atoms in total. The lowest BCUT2D eigenvalue weighted by atomic mass is 10.1. The Bertz CT molecular complexity index is 1000. The molecule has 1 aromatic carbocycles. The Kier molecular flexibility index (Phi) is 5.70. The average molecular weight is 428 g/mol. The summed E-state index contributed by atoms with van der Waals surface area (Å²) in [5.41, 5.74) is 1.39. The van der Waals surface area contributed by atoms with Gasteiger partial charge in [0.25, 0.3) is 5.91 Å². The SMILES string of the molecule is COc1ccc(C(=O)N2C[C@@H](O)C[C@H]2c2nnc3n2CCN(C(=O)C(C)C)C3)c(C)c1. The van der Waals surface area contributed by atoms with E-state index >= 15 is 0 Å². The van der Waals surface area contributed by atoms with Crippen molar-refractivity contribution in [3.63, 3.8) is 0 Å². The lowest BCUT2D eigenvalue weighted by Gasteiger charge is -2.31. The van der Waals surface area contributed by atoms with Crippen LogP contribution in [0.5, 0.6) is 5.75 Å². The first kappa shape index (κ1) is 21.3.